The first kappa shape index (κ1) is 12.3. The molecule has 0 unspecified atom stereocenters. The van der Waals surface area contributed by atoms with Gasteiger partial charge in [-0.15, -0.1) is 0 Å². The minimum absolute atomic E-state index is 0.742. The second kappa shape index (κ2) is 5.49. The molecule has 2 aromatic rings. The topological polar surface area (TPSA) is 42.4 Å². The van der Waals surface area contributed by atoms with Crippen LogP contribution < -0.4 is 5.73 Å². The highest BCUT2D eigenvalue weighted by molar-refractivity contribution is 5.40. The van der Waals surface area contributed by atoms with Crippen LogP contribution in [0.3, 0.4) is 0 Å². The molecule has 1 aliphatic rings. The Bertz CT molecular complexity index is 517. The molecule has 2 N–H and O–H groups in total. The van der Waals surface area contributed by atoms with Gasteiger partial charge < -0.3 is 10.2 Å². The standard InChI is InChI=1S/C16H20N2O/c17-14-4-1-3-13(11-14)8-9-18(15-6-7-15)12-16-5-2-10-19-16/h1-5,10-11,15H,6-9,12,17H2. The van der Waals surface area contributed by atoms with Crippen LogP contribution in [0, 0.1) is 0 Å². The Kier molecular flexibility index (Phi) is 3.56. The van der Waals surface area contributed by atoms with E-state index in [-0.39, 0.29) is 0 Å². The SMILES string of the molecule is Nc1cccc(CCN(Cc2ccco2)C2CC2)c1. The predicted molar refractivity (Wildman–Crippen MR) is 76.7 cm³/mol. The molecule has 3 rings (SSSR count). The minimum Gasteiger partial charge on any atom is -0.468 e. The van der Waals surface area contributed by atoms with Crippen molar-refractivity contribution in [2.45, 2.75) is 31.8 Å². The van der Waals surface area contributed by atoms with Crippen molar-refractivity contribution in [3.8, 4) is 0 Å². The van der Waals surface area contributed by atoms with Crippen LogP contribution in [-0.4, -0.2) is 17.5 Å². The molecule has 100 valence electrons. The second-order valence-corrected chi connectivity index (χ2v) is 5.28. The van der Waals surface area contributed by atoms with Crippen LogP contribution in [0.5, 0.6) is 0 Å². The van der Waals surface area contributed by atoms with Crippen molar-refractivity contribution in [1.29, 1.82) is 0 Å². The van der Waals surface area contributed by atoms with Gasteiger partial charge in [-0.3, -0.25) is 4.90 Å². The molecule has 3 nitrogen and oxygen atoms in total. The van der Waals surface area contributed by atoms with E-state index in [4.69, 9.17) is 10.2 Å². The predicted octanol–water partition coefficient (Wildman–Crippen LogP) is 3.07. The monoisotopic (exact) mass is 256 g/mol. The highest BCUT2D eigenvalue weighted by atomic mass is 16.3. The van der Waals surface area contributed by atoms with Gasteiger partial charge in [0.05, 0.1) is 12.8 Å². The molecule has 0 saturated heterocycles. The third-order valence-corrected chi connectivity index (χ3v) is 3.64. The fraction of sp³-hybridized carbons (Fsp3) is 0.375. The van der Waals surface area contributed by atoms with E-state index in [0.717, 1.165) is 37.0 Å². The van der Waals surface area contributed by atoms with Crippen LogP contribution >= 0.6 is 0 Å². The van der Waals surface area contributed by atoms with Gasteiger partial charge in [-0.25, -0.2) is 0 Å². The highest BCUT2D eigenvalue weighted by Gasteiger charge is 2.29. The Morgan fingerprint density at radius 3 is 2.79 bits per heavy atom. The summed E-state index contributed by atoms with van der Waals surface area (Å²) in [4.78, 5) is 2.52. The summed E-state index contributed by atoms with van der Waals surface area (Å²) in [6, 6.07) is 12.9. The smallest absolute Gasteiger partial charge is 0.117 e. The summed E-state index contributed by atoms with van der Waals surface area (Å²) in [6.07, 6.45) is 5.43. The first-order valence-corrected chi connectivity index (χ1v) is 6.92. The highest BCUT2D eigenvalue weighted by Crippen LogP contribution is 2.28. The summed E-state index contributed by atoms with van der Waals surface area (Å²) in [5.74, 6) is 1.06. The summed E-state index contributed by atoms with van der Waals surface area (Å²) in [7, 11) is 0. The van der Waals surface area contributed by atoms with Crippen LogP contribution in [0.4, 0.5) is 5.69 Å². The lowest BCUT2D eigenvalue weighted by Gasteiger charge is -2.20. The van der Waals surface area contributed by atoms with Crippen LogP contribution in [0.1, 0.15) is 24.2 Å². The molecule has 1 aromatic carbocycles. The van der Waals surface area contributed by atoms with E-state index in [1.54, 1.807) is 6.26 Å². The number of nitrogens with zero attached hydrogens (tertiary/aromatic N) is 1. The Labute approximate surface area is 114 Å². The van der Waals surface area contributed by atoms with Gasteiger partial charge in [0.25, 0.3) is 0 Å². The Hall–Kier alpha value is -1.74. The molecule has 1 heterocycles. The first-order chi connectivity index (χ1) is 9.31. The number of rotatable bonds is 6. The maximum Gasteiger partial charge on any atom is 0.117 e. The zero-order valence-corrected chi connectivity index (χ0v) is 11.1. The third kappa shape index (κ3) is 3.38. The van der Waals surface area contributed by atoms with Gasteiger partial charge in [0.2, 0.25) is 0 Å². The van der Waals surface area contributed by atoms with Gasteiger partial charge in [-0.2, -0.15) is 0 Å². The fourth-order valence-electron chi connectivity index (χ4n) is 2.45. The van der Waals surface area contributed by atoms with Crippen LogP contribution in [0.25, 0.3) is 0 Å². The van der Waals surface area contributed by atoms with Crippen LogP contribution in [-0.2, 0) is 13.0 Å². The summed E-state index contributed by atoms with van der Waals surface area (Å²) in [5, 5.41) is 0. The third-order valence-electron chi connectivity index (χ3n) is 3.64. The van der Waals surface area contributed by atoms with Crippen molar-refractivity contribution in [2.75, 3.05) is 12.3 Å². The minimum atomic E-state index is 0.742. The van der Waals surface area contributed by atoms with E-state index < -0.39 is 0 Å². The van der Waals surface area contributed by atoms with E-state index in [2.05, 4.69) is 23.1 Å². The Morgan fingerprint density at radius 2 is 2.11 bits per heavy atom. The second-order valence-electron chi connectivity index (χ2n) is 5.28. The van der Waals surface area contributed by atoms with E-state index in [0.29, 0.717) is 0 Å². The molecule has 0 amide bonds. The van der Waals surface area contributed by atoms with E-state index in [9.17, 15) is 0 Å². The number of hydrogen-bond donors (Lipinski definition) is 1. The lowest BCUT2D eigenvalue weighted by Crippen LogP contribution is -2.27. The van der Waals surface area contributed by atoms with Gasteiger partial charge >= 0.3 is 0 Å². The van der Waals surface area contributed by atoms with E-state index in [1.807, 2.05) is 18.2 Å². The first-order valence-electron chi connectivity index (χ1n) is 6.92. The number of nitrogen functional groups attached to an aromatic ring is 1. The molecule has 19 heavy (non-hydrogen) atoms. The maximum atomic E-state index is 5.82. The van der Waals surface area contributed by atoms with Crippen molar-refractivity contribution in [2.24, 2.45) is 0 Å². The number of furan rings is 1. The summed E-state index contributed by atoms with van der Waals surface area (Å²) < 4.78 is 5.45. The zero-order chi connectivity index (χ0) is 13.1. The lowest BCUT2D eigenvalue weighted by atomic mass is 10.1. The van der Waals surface area contributed by atoms with Crippen molar-refractivity contribution < 1.29 is 4.42 Å². The van der Waals surface area contributed by atoms with Gasteiger partial charge in [0.1, 0.15) is 5.76 Å². The molecular weight excluding hydrogens is 236 g/mol. The van der Waals surface area contributed by atoms with Gasteiger partial charge in [-0.1, -0.05) is 12.1 Å². The van der Waals surface area contributed by atoms with Gasteiger partial charge in [-0.05, 0) is 49.1 Å². The van der Waals surface area contributed by atoms with E-state index >= 15 is 0 Å². The van der Waals surface area contributed by atoms with Gasteiger partial charge in [0, 0.05) is 18.3 Å². The summed E-state index contributed by atoms with van der Waals surface area (Å²) in [5.41, 5.74) is 7.98. The molecule has 1 fully saturated rings. The largest absolute Gasteiger partial charge is 0.468 e. The number of nitrogens with two attached hydrogens (primary N) is 1. The molecule has 1 aromatic heterocycles. The van der Waals surface area contributed by atoms with Crippen LogP contribution in [0.2, 0.25) is 0 Å². The van der Waals surface area contributed by atoms with Gasteiger partial charge in [0.15, 0.2) is 0 Å². The summed E-state index contributed by atoms with van der Waals surface area (Å²) >= 11 is 0. The average molecular weight is 256 g/mol. The molecule has 1 aliphatic carbocycles. The summed E-state index contributed by atoms with van der Waals surface area (Å²) in [6.45, 7) is 1.98. The maximum absolute atomic E-state index is 5.82. The zero-order valence-electron chi connectivity index (χ0n) is 11.1. The molecule has 1 saturated carbocycles. The normalized spacial score (nSPS) is 15.0. The number of benzene rings is 1. The van der Waals surface area contributed by atoms with Crippen molar-refractivity contribution in [1.82, 2.24) is 4.90 Å². The molecule has 0 radical (unpaired) electrons. The average Bonchev–Trinajstić information content (AvgIpc) is 3.12. The molecule has 3 heteroatoms. The Balaban J connectivity index is 1.59. The molecule has 0 atom stereocenters. The number of anilines is 1. The Morgan fingerprint density at radius 1 is 1.21 bits per heavy atom. The molecule has 0 aliphatic heterocycles. The molecule has 0 bridgehead atoms. The fourth-order valence-corrected chi connectivity index (χ4v) is 2.45. The quantitative estimate of drug-likeness (QED) is 0.808. The van der Waals surface area contributed by atoms with E-state index in [1.165, 1.54) is 18.4 Å². The van der Waals surface area contributed by atoms with Crippen molar-refractivity contribution in [3.05, 3.63) is 54.0 Å². The lowest BCUT2D eigenvalue weighted by molar-refractivity contribution is 0.236. The molecule has 0 spiro atoms. The van der Waals surface area contributed by atoms with Crippen molar-refractivity contribution in [3.63, 3.8) is 0 Å². The number of hydrogen-bond acceptors (Lipinski definition) is 3. The van der Waals surface area contributed by atoms with Crippen molar-refractivity contribution >= 4 is 5.69 Å². The van der Waals surface area contributed by atoms with Crippen LogP contribution in [0.15, 0.2) is 47.1 Å². The molecular formula is C16H20N2O.